The summed E-state index contributed by atoms with van der Waals surface area (Å²) in [4.78, 5) is 0. The first-order valence-corrected chi connectivity index (χ1v) is 9.27. The number of nitrogens with zero attached hydrogens (tertiary/aromatic N) is 3. The van der Waals surface area contributed by atoms with E-state index in [1.807, 2.05) is 0 Å². The van der Waals surface area contributed by atoms with Crippen molar-refractivity contribution in [3.05, 3.63) is 51.8 Å². The highest BCUT2D eigenvalue weighted by atomic mass is 35.5. The van der Waals surface area contributed by atoms with E-state index in [-0.39, 0.29) is 12.0 Å². The van der Waals surface area contributed by atoms with Crippen molar-refractivity contribution in [1.29, 1.82) is 0 Å². The maximum absolute atomic E-state index is 14.7. The van der Waals surface area contributed by atoms with Crippen molar-refractivity contribution < 1.29 is 13.9 Å². The van der Waals surface area contributed by atoms with Crippen molar-refractivity contribution in [2.24, 2.45) is 0 Å². The van der Waals surface area contributed by atoms with Crippen LogP contribution >= 0.6 is 11.6 Å². The third-order valence-corrected chi connectivity index (χ3v) is 5.29. The first-order chi connectivity index (χ1) is 13.0. The number of benzene rings is 1. The lowest BCUT2D eigenvalue weighted by Gasteiger charge is -2.23. The molecule has 2 aromatic heterocycles. The van der Waals surface area contributed by atoms with Gasteiger partial charge in [-0.05, 0) is 26.2 Å². The van der Waals surface area contributed by atoms with Crippen molar-refractivity contribution in [2.75, 3.05) is 11.9 Å². The molecular formula is C19H20ClFN4O2. The van der Waals surface area contributed by atoms with Crippen LogP contribution in [0.5, 0.6) is 0 Å². The van der Waals surface area contributed by atoms with Crippen LogP contribution in [0.2, 0.25) is 5.02 Å². The van der Waals surface area contributed by atoms with Crippen LogP contribution in [0.4, 0.5) is 15.8 Å². The fraction of sp³-hybridized carbons (Fsp3) is 0.368. The van der Waals surface area contributed by atoms with Crippen LogP contribution in [-0.2, 0) is 4.74 Å². The van der Waals surface area contributed by atoms with Gasteiger partial charge >= 0.3 is 0 Å². The van der Waals surface area contributed by atoms with Crippen molar-refractivity contribution in [1.82, 2.24) is 9.78 Å². The summed E-state index contributed by atoms with van der Waals surface area (Å²) in [5, 5.41) is 20.6. The molecule has 1 fully saturated rings. The predicted octanol–water partition coefficient (Wildman–Crippen LogP) is 4.52. The molecule has 0 aliphatic carbocycles. The second-order valence-corrected chi connectivity index (χ2v) is 7.24. The van der Waals surface area contributed by atoms with Gasteiger partial charge in [0.25, 0.3) is 0 Å². The van der Waals surface area contributed by atoms with Crippen molar-refractivity contribution >= 4 is 33.9 Å². The van der Waals surface area contributed by atoms with E-state index in [0.29, 0.717) is 39.8 Å². The van der Waals surface area contributed by atoms with Crippen molar-refractivity contribution in [3.8, 4) is 0 Å². The van der Waals surface area contributed by atoms with Gasteiger partial charge in [-0.2, -0.15) is 9.83 Å². The van der Waals surface area contributed by atoms with E-state index in [1.165, 1.54) is 12.3 Å². The SMILES string of the molecule is Cc1c(F)cc2c(cnn2C2CCCCO2)c1Nc1c[n+]([O-])c(C)cc1Cl. The molecule has 0 spiro atoms. The summed E-state index contributed by atoms with van der Waals surface area (Å²) in [5.74, 6) is -0.360. The number of halogens is 2. The molecule has 142 valence electrons. The number of hydrogen-bond donors (Lipinski definition) is 1. The second-order valence-electron chi connectivity index (χ2n) is 6.83. The Balaban J connectivity index is 1.82. The molecule has 1 aliphatic heterocycles. The highest BCUT2D eigenvalue weighted by Crippen LogP contribution is 2.36. The van der Waals surface area contributed by atoms with E-state index in [1.54, 1.807) is 30.8 Å². The Kier molecular flexibility index (Phi) is 4.65. The van der Waals surface area contributed by atoms with Crippen molar-refractivity contribution in [3.63, 3.8) is 0 Å². The highest BCUT2D eigenvalue weighted by Gasteiger charge is 2.22. The summed E-state index contributed by atoms with van der Waals surface area (Å²) in [7, 11) is 0. The smallest absolute Gasteiger partial charge is 0.205 e. The molecule has 1 atom stereocenters. The maximum atomic E-state index is 14.7. The molecule has 3 aromatic rings. The summed E-state index contributed by atoms with van der Waals surface area (Å²) in [5.41, 5.74) is 2.51. The van der Waals surface area contributed by atoms with E-state index in [2.05, 4.69) is 10.4 Å². The molecule has 8 heteroatoms. The molecule has 4 rings (SSSR count). The van der Waals surface area contributed by atoms with Gasteiger partial charge in [0.05, 0.1) is 22.4 Å². The number of rotatable bonds is 3. The molecular weight excluding hydrogens is 371 g/mol. The molecule has 6 nitrogen and oxygen atoms in total. The summed E-state index contributed by atoms with van der Waals surface area (Å²) >= 11 is 6.27. The van der Waals surface area contributed by atoms with E-state index >= 15 is 0 Å². The molecule has 27 heavy (non-hydrogen) atoms. The standard InChI is InChI=1S/C19H20ClFN4O2/c1-11-7-14(20)16(10-24(11)26)23-19-12(2)15(21)8-17-13(19)9-22-25(17)18-5-3-4-6-27-18/h7-10,18,23H,3-6H2,1-2H3. The van der Waals surface area contributed by atoms with Crippen LogP contribution in [0.15, 0.2) is 24.5 Å². The Bertz CT molecular complexity index is 1010. The average Bonchev–Trinajstić information content (AvgIpc) is 3.07. The Morgan fingerprint density at radius 2 is 2.19 bits per heavy atom. The number of pyridine rings is 1. The van der Waals surface area contributed by atoms with Gasteiger partial charge in [0.2, 0.25) is 6.20 Å². The Hall–Kier alpha value is -2.38. The lowest BCUT2D eigenvalue weighted by molar-refractivity contribution is -0.611. The summed E-state index contributed by atoms with van der Waals surface area (Å²) in [6.07, 6.45) is 5.76. The van der Waals surface area contributed by atoms with Gasteiger partial charge in [0.1, 0.15) is 11.5 Å². The van der Waals surface area contributed by atoms with E-state index < -0.39 is 0 Å². The minimum Gasteiger partial charge on any atom is -0.618 e. The first-order valence-electron chi connectivity index (χ1n) is 8.90. The molecule has 3 heterocycles. The lowest BCUT2D eigenvalue weighted by Crippen LogP contribution is -2.29. The number of aromatic nitrogens is 3. The van der Waals surface area contributed by atoms with Gasteiger partial charge in [0.15, 0.2) is 11.9 Å². The first kappa shape index (κ1) is 18.0. The molecule has 0 bridgehead atoms. The average molecular weight is 391 g/mol. The predicted molar refractivity (Wildman–Crippen MR) is 102 cm³/mol. The van der Waals surface area contributed by atoms with Gasteiger partial charge < -0.3 is 15.3 Å². The minimum absolute atomic E-state index is 0.196. The zero-order valence-corrected chi connectivity index (χ0v) is 15.9. The van der Waals surface area contributed by atoms with Crippen LogP contribution in [0.1, 0.15) is 36.7 Å². The summed E-state index contributed by atoms with van der Waals surface area (Å²) in [6.45, 7) is 4.02. The Morgan fingerprint density at radius 1 is 1.37 bits per heavy atom. The molecule has 0 saturated carbocycles. The number of hydrogen-bond acceptors (Lipinski definition) is 4. The van der Waals surface area contributed by atoms with Crippen LogP contribution in [0.3, 0.4) is 0 Å². The zero-order chi connectivity index (χ0) is 19.1. The maximum Gasteiger partial charge on any atom is 0.205 e. The van der Waals surface area contributed by atoms with Gasteiger partial charge in [0, 0.05) is 36.6 Å². The third kappa shape index (κ3) is 3.21. The molecule has 1 aromatic carbocycles. The zero-order valence-electron chi connectivity index (χ0n) is 15.1. The van der Waals surface area contributed by atoms with Crippen LogP contribution in [0, 0.1) is 24.9 Å². The normalized spacial score (nSPS) is 17.4. The monoisotopic (exact) mass is 390 g/mol. The lowest BCUT2D eigenvalue weighted by atomic mass is 10.1. The number of anilines is 2. The quantitative estimate of drug-likeness (QED) is 0.527. The largest absolute Gasteiger partial charge is 0.618 e. The van der Waals surface area contributed by atoms with Crippen LogP contribution < -0.4 is 10.0 Å². The number of nitrogens with one attached hydrogen (secondary N) is 1. The number of ether oxygens (including phenoxy) is 1. The van der Waals surface area contributed by atoms with Crippen LogP contribution in [-0.4, -0.2) is 16.4 Å². The molecule has 0 radical (unpaired) electrons. The number of fused-ring (bicyclic) bond motifs is 1. The Morgan fingerprint density at radius 3 is 2.93 bits per heavy atom. The Labute approximate surface area is 161 Å². The van der Waals surface area contributed by atoms with Gasteiger partial charge in [-0.1, -0.05) is 11.6 Å². The highest BCUT2D eigenvalue weighted by molar-refractivity contribution is 6.33. The summed E-state index contributed by atoms with van der Waals surface area (Å²) < 4.78 is 22.9. The van der Waals surface area contributed by atoms with Gasteiger partial charge in [-0.15, -0.1) is 0 Å². The fourth-order valence-electron chi connectivity index (χ4n) is 3.40. The second kappa shape index (κ2) is 6.98. The van der Waals surface area contributed by atoms with E-state index in [0.717, 1.165) is 29.4 Å². The van der Waals surface area contributed by atoms with Crippen molar-refractivity contribution in [2.45, 2.75) is 39.3 Å². The van der Waals surface area contributed by atoms with E-state index in [4.69, 9.17) is 16.3 Å². The third-order valence-electron chi connectivity index (χ3n) is 4.98. The minimum atomic E-state index is -0.360. The van der Waals surface area contributed by atoms with E-state index in [9.17, 15) is 9.60 Å². The molecule has 1 N–H and O–H groups in total. The summed E-state index contributed by atoms with van der Waals surface area (Å²) in [6, 6.07) is 3.05. The molecule has 0 amide bonds. The van der Waals surface area contributed by atoms with Gasteiger partial charge in [-0.3, -0.25) is 0 Å². The topological polar surface area (TPSA) is 66.0 Å². The molecule has 1 saturated heterocycles. The fourth-order valence-corrected chi connectivity index (χ4v) is 3.65. The molecule has 1 unspecified atom stereocenters. The molecule has 1 aliphatic rings. The number of aryl methyl sites for hydroxylation is 1. The van der Waals surface area contributed by atoms with Gasteiger partial charge in [-0.25, -0.2) is 9.07 Å². The van der Waals surface area contributed by atoms with Crippen LogP contribution in [0.25, 0.3) is 10.9 Å².